The lowest BCUT2D eigenvalue weighted by Crippen LogP contribution is -2.35. The maximum absolute atomic E-state index is 13.3. The van der Waals surface area contributed by atoms with E-state index in [0.717, 1.165) is 0 Å². The van der Waals surface area contributed by atoms with E-state index in [0.29, 0.717) is 17.5 Å². The fourth-order valence-electron chi connectivity index (χ4n) is 1.65. The quantitative estimate of drug-likeness (QED) is 0.421. The molecule has 0 radical (unpaired) electrons. The van der Waals surface area contributed by atoms with Crippen LogP contribution in [0.2, 0.25) is 0 Å². The minimum atomic E-state index is -1.37. The third kappa shape index (κ3) is 4.43. The number of hydrogen-bond acceptors (Lipinski definition) is 4. The molecular weight excluding hydrogens is 354 g/mol. The number of carbonyl (C=O) groups excluding carboxylic acids is 1. The van der Waals surface area contributed by atoms with Gasteiger partial charge in [0.2, 0.25) is 0 Å². The summed E-state index contributed by atoms with van der Waals surface area (Å²) >= 11 is 3.15. The minimum Gasteiger partial charge on any atom is -0.383 e. The molecule has 0 aliphatic rings. The minimum absolute atomic E-state index is 0.178. The third-order valence-corrected chi connectivity index (χ3v) is 3.03. The Morgan fingerprint density at radius 1 is 1.38 bits per heavy atom. The van der Waals surface area contributed by atoms with Gasteiger partial charge >= 0.3 is 0 Å². The summed E-state index contributed by atoms with van der Waals surface area (Å²) < 4.78 is 31.2. The summed E-state index contributed by atoms with van der Waals surface area (Å²) in [6, 6.07) is 0.953. The number of hydrogen-bond donors (Lipinski definition) is 0. The first-order valence-corrected chi connectivity index (χ1v) is 7.02. The average Bonchev–Trinajstić information content (AvgIpc) is 2.44. The lowest BCUT2D eigenvalue weighted by atomic mass is 10.1. The second-order valence-corrected chi connectivity index (χ2v) is 4.81. The summed E-state index contributed by atoms with van der Waals surface area (Å²) in [6.45, 7) is 0.644. The predicted molar refractivity (Wildman–Crippen MR) is 74.6 cm³/mol. The van der Waals surface area contributed by atoms with Crippen molar-refractivity contribution in [3.8, 4) is 0 Å². The Hall–Kier alpha value is -1.61. The predicted octanol–water partition coefficient (Wildman–Crippen LogP) is 2.36. The van der Waals surface area contributed by atoms with E-state index in [2.05, 4.69) is 15.9 Å². The van der Waals surface area contributed by atoms with Crippen LogP contribution in [-0.4, -0.2) is 47.9 Å². The monoisotopic (exact) mass is 366 g/mol. The summed E-state index contributed by atoms with van der Waals surface area (Å²) in [4.78, 5) is 23.5. The van der Waals surface area contributed by atoms with Crippen molar-refractivity contribution in [1.29, 1.82) is 0 Å². The lowest BCUT2D eigenvalue weighted by molar-refractivity contribution is -0.385. The molecule has 0 saturated heterocycles. The van der Waals surface area contributed by atoms with Crippen LogP contribution in [0.4, 0.5) is 14.5 Å². The van der Waals surface area contributed by atoms with E-state index in [9.17, 15) is 23.7 Å². The van der Waals surface area contributed by atoms with Gasteiger partial charge in [0.05, 0.1) is 17.6 Å². The first kappa shape index (κ1) is 17.4. The van der Waals surface area contributed by atoms with Crippen LogP contribution in [0, 0.1) is 21.7 Å². The number of nitro groups is 1. The van der Waals surface area contributed by atoms with Crippen LogP contribution in [-0.2, 0) is 4.74 Å². The van der Waals surface area contributed by atoms with Gasteiger partial charge in [-0.25, -0.2) is 8.78 Å². The fourth-order valence-corrected chi connectivity index (χ4v) is 2.08. The molecule has 1 aromatic carbocycles. The molecule has 0 heterocycles. The lowest BCUT2D eigenvalue weighted by Gasteiger charge is -2.21. The molecule has 9 heteroatoms. The normalized spacial score (nSPS) is 10.5. The highest BCUT2D eigenvalue weighted by atomic mass is 79.9. The topological polar surface area (TPSA) is 72.7 Å². The van der Waals surface area contributed by atoms with Crippen molar-refractivity contribution < 1.29 is 23.2 Å². The smallest absolute Gasteiger partial charge is 0.285 e. The Kier molecular flexibility index (Phi) is 6.63. The number of halogens is 3. The van der Waals surface area contributed by atoms with Crippen LogP contribution < -0.4 is 0 Å². The van der Waals surface area contributed by atoms with Gasteiger partial charge in [-0.2, -0.15) is 0 Å². The molecule has 116 valence electrons. The average molecular weight is 367 g/mol. The number of nitrogens with zero attached hydrogens (tertiary/aromatic N) is 2. The van der Waals surface area contributed by atoms with Gasteiger partial charge < -0.3 is 9.64 Å². The second kappa shape index (κ2) is 7.99. The molecule has 21 heavy (non-hydrogen) atoms. The molecule has 0 spiro atoms. The van der Waals surface area contributed by atoms with Crippen molar-refractivity contribution >= 4 is 27.5 Å². The van der Waals surface area contributed by atoms with Crippen molar-refractivity contribution in [1.82, 2.24) is 4.90 Å². The number of ether oxygens (including phenoxy) is 1. The van der Waals surface area contributed by atoms with Crippen LogP contribution >= 0.6 is 15.9 Å². The molecule has 0 N–H and O–H groups in total. The van der Waals surface area contributed by atoms with Gasteiger partial charge in [-0.15, -0.1) is 0 Å². The van der Waals surface area contributed by atoms with Crippen LogP contribution in [0.3, 0.4) is 0 Å². The van der Waals surface area contributed by atoms with E-state index in [1.165, 1.54) is 12.0 Å². The Balaban J connectivity index is 3.19. The van der Waals surface area contributed by atoms with E-state index < -0.39 is 33.7 Å². The zero-order valence-corrected chi connectivity index (χ0v) is 12.7. The summed E-state index contributed by atoms with van der Waals surface area (Å²) in [5.41, 5.74) is -1.26. The summed E-state index contributed by atoms with van der Waals surface area (Å²) in [7, 11) is 1.44. The first-order chi connectivity index (χ1) is 9.92. The number of alkyl halides is 1. The maximum atomic E-state index is 13.3. The SMILES string of the molecule is COCCN(CCBr)C(=O)c1cc(F)c(F)cc1[N+](=O)[O-]. The Morgan fingerprint density at radius 3 is 2.52 bits per heavy atom. The van der Waals surface area contributed by atoms with Crippen LogP contribution in [0.15, 0.2) is 12.1 Å². The fraction of sp³-hybridized carbons (Fsp3) is 0.417. The molecule has 1 aromatic rings. The molecule has 0 aromatic heterocycles. The van der Waals surface area contributed by atoms with Gasteiger partial charge in [-0.3, -0.25) is 14.9 Å². The van der Waals surface area contributed by atoms with Gasteiger partial charge in [-0.05, 0) is 6.07 Å². The molecule has 0 aliphatic carbocycles. The van der Waals surface area contributed by atoms with Crippen LogP contribution in [0.25, 0.3) is 0 Å². The standard InChI is InChI=1S/C12H13BrF2N2O4/c1-21-5-4-16(3-2-13)12(18)8-6-9(14)10(15)7-11(8)17(19)20/h6-7H,2-5H2,1H3. The molecule has 0 fully saturated rings. The summed E-state index contributed by atoms with van der Waals surface area (Å²) in [6.07, 6.45) is 0. The summed E-state index contributed by atoms with van der Waals surface area (Å²) in [5, 5.41) is 11.3. The highest BCUT2D eigenvalue weighted by molar-refractivity contribution is 9.09. The number of carbonyl (C=O) groups is 1. The second-order valence-electron chi connectivity index (χ2n) is 4.01. The molecule has 0 bridgehead atoms. The van der Waals surface area contributed by atoms with Crippen molar-refractivity contribution in [3.05, 3.63) is 39.4 Å². The van der Waals surface area contributed by atoms with E-state index in [1.807, 2.05) is 0 Å². The van der Waals surface area contributed by atoms with Gasteiger partial charge in [0.15, 0.2) is 11.6 Å². The Bertz CT molecular complexity index is 542. The van der Waals surface area contributed by atoms with Crippen molar-refractivity contribution in [2.45, 2.75) is 0 Å². The van der Waals surface area contributed by atoms with E-state index >= 15 is 0 Å². The first-order valence-electron chi connectivity index (χ1n) is 5.90. The third-order valence-electron chi connectivity index (χ3n) is 2.67. The van der Waals surface area contributed by atoms with Crippen molar-refractivity contribution in [2.75, 3.05) is 32.1 Å². The molecule has 0 aliphatic heterocycles. The van der Waals surface area contributed by atoms with Crippen LogP contribution in [0.1, 0.15) is 10.4 Å². The molecule has 0 unspecified atom stereocenters. The zero-order chi connectivity index (χ0) is 16.0. The molecule has 1 rings (SSSR count). The van der Waals surface area contributed by atoms with E-state index in [-0.39, 0.29) is 19.7 Å². The summed E-state index contributed by atoms with van der Waals surface area (Å²) in [5.74, 6) is -3.44. The molecular formula is C12H13BrF2N2O4. The number of benzene rings is 1. The van der Waals surface area contributed by atoms with Gasteiger partial charge in [-0.1, -0.05) is 15.9 Å². The van der Waals surface area contributed by atoms with Crippen LogP contribution in [0.5, 0.6) is 0 Å². The number of rotatable bonds is 7. The van der Waals surface area contributed by atoms with E-state index in [4.69, 9.17) is 4.74 Å². The molecule has 0 saturated carbocycles. The number of methoxy groups -OCH3 is 1. The number of nitro benzene ring substituents is 1. The molecule has 6 nitrogen and oxygen atoms in total. The van der Waals surface area contributed by atoms with Gasteiger partial charge in [0, 0.05) is 25.5 Å². The van der Waals surface area contributed by atoms with Crippen molar-refractivity contribution in [3.63, 3.8) is 0 Å². The molecule has 0 atom stereocenters. The highest BCUT2D eigenvalue weighted by Crippen LogP contribution is 2.23. The largest absolute Gasteiger partial charge is 0.383 e. The highest BCUT2D eigenvalue weighted by Gasteiger charge is 2.27. The van der Waals surface area contributed by atoms with Gasteiger partial charge in [0.25, 0.3) is 11.6 Å². The van der Waals surface area contributed by atoms with Gasteiger partial charge in [0.1, 0.15) is 5.56 Å². The van der Waals surface area contributed by atoms with E-state index in [1.54, 1.807) is 0 Å². The Morgan fingerprint density at radius 2 is 2.00 bits per heavy atom. The number of amides is 1. The maximum Gasteiger partial charge on any atom is 0.285 e. The molecule has 1 amide bonds. The Labute approximate surface area is 128 Å². The zero-order valence-electron chi connectivity index (χ0n) is 11.1. The van der Waals surface area contributed by atoms with Crippen molar-refractivity contribution in [2.24, 2.45) is 0 Å².